The van der Waals surface area contributed by atoms with Crippen molar-refractivity contribution in [3.63, 3.8) is 0 Å². The van der Waals surface area contributed by atoms with Gasteiger partial charge >= 0.3 is 0 Å². The third-order valence-electron chi connectivity index (χ3n) is 2.31. The van der Waals surface area contributed by atoms with Crippen molar-refractivity contribution < 1.29 is 0 Å². The normalized spacial score (nSPS) is 10.6. The van der Waals surface area contributed by atoms with Crippen molar-refractivity contribution in [2.45, 2.75) is 13.0 Å². The zero-order valence-corrected chi connectivity index (χ0v) is 9.50. The summed E-state index contributed by atoms with van der Waals surface area (Å²) in [4.78, 5) is 0. The van der Waals surface area contributed by atoms with Gasteiger partial charge in [0.25, 0.3) is 0 Å². The first-order chi connectivity index (χ1) is 6.81. The quantitative estimate of drug-likeness (QED) is 0.726. The Kier molecular flexibility index (Phi) is 2.73. The van der Waals surface area contributed by atoms with E-state index in [-0.39, 0.29) is 0 Å². The minimum Gasteiger partial charge on any atom is -0.347 e. The van der Waals surface area contributed by atoms with Crippen LogP contribution in [0.2, 0.25) is 0 Å². The number of nitrogens with zero attached hydrogens (tertiary/aromatic N) is 1. The molecule has 0 radical (unpaired) electrons. The summed E-state index contributed by atoms with van der Waals surface area (Å²) >= 11 is 3.47. The van der Waals surface area contributed by atoms with Crippen LogP contribution >= 0.6 is 15.9 Å². The fraction of sp³-hybridized carbons (Fsp3) is 0.167. The van der Waals surface area contributed by atoms with Gasteiger partial charge in [-0.2, -0.15) is 0 Å². The number of hydrogen-bond donors (Lipinski definition) is 0. The molecule has 0 saturated heterocycles. The largest absolute Gasteiger partial charge is 0.347 e. The highest BCUT2D eigenvalue weighted by atomic mass is 79.9. The van der Waals surface area contributed by atoms with E-state index >= 15 is 0 Å². The minimum absolute atomic E-state index is 1.01. The molecule has 0 spiro atoms. The Morgan fingerprint density at radius 3 is 3.00 bits per heavy atom. The van der Waals surface area contributed by atoms with Gasteiger partial charge in [-0.1, -0.05) is 22.0 Å². The van der Waals surface area contributed by atoms with Crippen molar-refractivity contribution in [1.29, 1.82) is 0 Å². The summed E-state index contributed by atoms with van der Waals surface area (Å²) in [5, 5.41) is 1.28. The summed E-state index contributed by atoms with van der Waals surface area (Å²) in [6.07, 6.45) is 5.09. The van der Waals surface area contributed by atoms with Crippen LogP contribution in [0, 0.1) is 0 Å². The maximum atomic E-state index is 3.73. The van der Waals surface area contributed by atoms with Gasteiger partial charge in [-0.05, 0) is 30.7 Å². The monoisotopic (exact) mass is 249 g/mol. The SMILES string of the molecule is C=CCCn1ccc2cc(Br)ccc21. The molecule has 1 aromatic carbocycles. The maximum Gasteiger partial charge on any atom is 0.0481 e. The highest BCUT2D eigenvalue weighted by Gasteiger charge is 1.99. The lowest BCUT2D eigenvalue weighted by Gasteiger charge is -2.02. The summed E-state index contributed by atoms with van der Waals surface area (Å²) < 4.78 is 3.38. The van der Waals surface area contributed by atoms with Gasteiger partial charge in [0.2, 0.25) is 0 Å². The maximum absolute atomic E-state index is 3.73. The minimum atomic E-state index is 1.01. The highest BCUT2D eigenvalue weighted by molar-refractivity contribution is 9.10. The van der Waals surface area contributed by atoms with E-state index in [1.807, 2.05) is 6.08 Å². The molecule has 72 valence electrons. The van der Waals surface area contributed by atoms with Gasteiger partial charge in [0.15, 0.2) is 0 Å². The molecule has 0 bridgehead atoms. The van der Waals surface area contributed by atoms with E-state index in [1.54, 1.807) is 0 Å². The van der Waals surface area contributed by atoms with E-state index in [2.05, 4.69) is 57.5 Å². The molecular weight excluding hydrogens is 238 g/mol. The average Bonchev–Trinajstić information content (AvgIpc) is 2.57. The van der Waals surface area contributed by atoms with Gasteiger partial charge in [0, 0.05) is 28.1 Å². The Morgan fingerprint density at radius 2 is 2.21 bits per heavy atom. The summed E-state index contributed by atoms with van der Waals surface area (Å²) in [7, 11) is 0. The molecule has 2 aromatic rings. The van der Waals surface area contributed by atoms with Crippen molar-refractivity contribution in [2.24, 2.45) is 0 Å². The Morgan fingerprint density at radius 1 is 1.36 bits per heavy atom. The summed E-state index contributed by atoms with van der Waals surface area (Å²) in [6.45, 7) is 4.74. The Balaban J connectivity index is 2.42. The second kappa shape index (κ2) is 4.01. The van der Waals surface area contributed by atoms with Crippen LogP contribution in [-0.2, 0) is 6.54 Å². The van der Waals surface area contributed by atoms with Crippen molar-refractivity contribution in [2.75, 3.05) is 0 Å². The van der Waals surface area contributed by atoms with Crippen molar-refractivity contribution in [1.82, 2.24) is 4.57 Å². The molecule has 0 unspecified atom stereocenters. The summed E-state index contributed by atoms with van der Waals surface area (Å²) in [5.74, 6) is 0. The molecule has 1 heterocycles. The Labute approximate surface area is 92.2 Å². The first-order valence-electron chi connectivity index (χ1n) is 4.66. The van der Waals surface area contributed by atoms with E-state index in [9.17, 15) is 0 Å². The molecule has 14 heavy (non-hydrogen) atoms. The third-order valence-corrected chi connectivity index (χ3v) is 2.80. The van der Waals surface area contributed by atoms with E-state index in [4.69, 9.17) is 0 Å². The van der Waals surface area contributed by atoms with Gasteiger partial charge in [-0.3, -0.25) is 0 Å². The molecule has 1 nitrogen and oxygen atoms in total. The number of aromatic nitrogens is 1. The van der Waals surface area contributed by atoms with Crippen LogP contribution in [0.25, 0.3) is 10.9 Å². The molecule has 0 atom stereocenters. The van der Waals surface area contributed by atoms with Crippen LogP contribution < -0.4 is 0 Å². The lowest BCUT2D eigenvalue weighted by molar-refractivity contribution is 0.739. The smallest absolute Gasteiger partial charge is 0.0481 e. The number of fused-ring (bicyclic) bond motifs is 1. The van der Waals surface area contributed by atoms with Gasteiger partial charge < -0.3 is 4.57 Å². The second-order valence-electron chi connectivity index (χ2n) is 3.29. The predicted molar refractivity (Wildman–Crippen MR) is 64.5 cm³/mol. The number of benzene rings is 1. The van der Waals surface area contributed by atoms with E-state index in [0.717, 1.165) is 17.4 Å². The Hall–Kier alpha value is -1.02. The molecule has 0 amide bonds. The van der Waals surface area contributed by atoms with Crippen LogP contribution in [-0.4, -0.2) is 4.57 Å². The van der Waals surface area contributed by atoms with E-state index < -0.39 is 0 Å². The zero-order valence-electron chi connectivity index (χ0n) is 7.91. The van der Waals surface area contributed by atoms with Crippen molar-refractivity contribution in [3.05, 3.63) is 47.6 Å². The van der Waals surface area contributed by atoms with Gasteiger partial charge in [-0.15, -0.1) is 6.58 Å². The van der Waals surface area contributed by atoms with E-state index in [0.29, 0.717) is 0 Å². The van der Waals surface area contributed by atoms with Gasteiger partial charge in [-0.25, -0.2) is 0 Å². The van der Waals surface area contributed by atoms with Crippen molar-refractivity contribution in [3.8, 4) is 0 Å². The molecule has 1 aromatic heterocycles. The highest BCUT2D eigenvalue weighted by Crippen LogP contribution is 2.20. The van der Waals surface area contributed by atoms with Crippen LogP contribution in [0.15, 0.2) is 47.6 Å². The topological polar surface area (TPSA) is 4.93 Å². The molecule has 0 fully saturated rings. The lowest BCUT2D eigenvalue weighted by Crippen LogP contribution is -1.93. The molecule has 0 saturated carbocycles. The Bertz CT molecular complexity index is 456. The predicted octanol–water partition coefficient (Wildman–Crippen LogP) is 3.98. The number of rotatable bonds is 3. The summed E-state index contributed by atoms with van der Waals surface area (Å²) in [6, 6.07) is 8.50. The third kappa shape index (κ3) is 1.75. The second-order valence-corrected chi connectivity index (χ2v) is 4.21. The van der Waals surface area contributed by atoms with Gasteiger partial charge in [0.1, 0.15) is 0 Å². The van der Waals surface area contributed by atoms with Crippen LogP contribution in [0.1, 0.15) is 6.42 Å². The first-order valence-corrected chi connectivity index (χ1v) is 5.46. The molecule has 0 N–H and O–H groups in total. The summed E-state index contributed by atoms with van der Waals surface area (Å²) in [5.41, 5.74) is 1.29. The fourth-order valence-corrected chi connectivity index (χ4v) is 1.98. The number of aryl methyl sites for hydroxylation is 1. The van der Waals surface area contributed by atoms with Crippen molar-refractivity contribution >= 4 is 26.8 Å². The number of hydrogen-bond acceptors (Lipinski definition) is 0. The molecule has 0 aliphatic carbocycles. The molecule has 0 aliphatic heterocycles. The standard InChI is InChI=1S/C12H12BrN/c1-2-3-7-14-8-6-10-9-11(13)4-5-12(10)14/h2,4-6,8-9H,1,3,7H2. The molecular formula is C12H12BrN. The molecule has 2 rings (SSSR count). The van der Waals surface area contributed by atoms with E-state index in [1.165, 1.54) is 10.9 Å². The molecule has 2 heteroatoms. The van der Waals surface area contributed by atoms with Crippen LogP contribution in [0.5, 0.6) is 0 Å². The van der Waals surface area contributed by atoms with Crippen LogP contribution in [0.4, 0.5) is 0 Å². The molecule has 0 aliphatic rings. The lowest BCUT2D eigenvalue weighted by atomic mass is 10.2. The van der Waals surface area contributed by atoms with Gasteiger partial charge in [0.05, 0.1) is 0 Å². The fourth-order valence-electron chi connectivity index (χ4n) is 1.60. The number of halogens is 1. The first kappa shape index (κ1) is 9.53. The average molecular weight is 250 g/mol. The zero-order chi connectivity index (χ0) is 9.97. The van der Waals surface area contributed by atoms with Crippen LogP contribution in [0.3, 0.4) is 0 Å². The number of allylic oxidation sites excluding steroid dienone is 1.